The first-order valence-corrected chi connectivity index (χ1v) is 10.2. The molecule has 0 radical (unpaired) electrons. The normalized spacial score (nSPS) is 13.9. The highest BCUT2D eigenvalue weighted by atomic mass is 79.9. The minimum atomic E-state index is -3.87. The quantitative estimate of drug-likeness (QED) is 0.545. The average molecular weight is 426 g/mol. The van der Waals surface area contributed by atoms with Crippen LogP contribution in [0, 0.1) is 6.92 Å². The van der Waals surface area contributed by atoms with E-state index < -0.39 is 26.9 Å². The maximum Gasteiger partial charge on any atom is 0.325 e. The van der Waals surface area contributed by atoms with Crippen molar-refractivity contribution in [3.8, 4) is 0 Å². The molecule has 0 heterocycles. The van der Waals surface area contributed by atoms with Gasteiger partial charge >= 0.3 is 5.97 Å². The Bertz CT molecular complexity index is 807. The van der Waals surface area contributed by atoms with Gasteiger partial charge in [-0.1, -0.05) is 64.0 Å². The SMILES string of the molecule is CCOC(=O)[C@@H](NS(=O)(=O)c1ccc(C)cc1)[C@@H](Br)c1ccccc1. The fourth-order valence-electron chi connectivity index (χ4n) is 2.24. The van der Waals surface area contributed by atoms with Gasteiger partial charge in [0, 0.05) is 0 Å². The number of benzene rings is 2. The fourth-order valence-corrected chi connectivity index (χ4v) is 4.27. The molecule has 0 saturated heterocycles. The summed E-state index contributed by atoms with van der Waals surface area (Å²) < 4.78 is 32.8. The Morgan fingerprint density at radius 1 is 1.12 bits per heavy atom. The largest absolute Gasteiger partial charge is 0.465 e. The molecule has 2 aromatic rings. The van der Waals surface area contributed by atoms with E-state index in [1.807, 2.05) is 37.3 Å². The molecule has 0 unspecified atom stereocenters. The first kappa shape index (κ1) is 19.6. The van der Waals surface area contributed by atoms with Gasteiger partial charge in [0.1, 0.15) is 6.04 Å². The molecule has 0 spiro atoms. The summed E-state index contributed by atoms with van der Waals surface area (Å²) in [6.45, 7) is 3.71. The van der Waals surface area contributed by atoms with Crippen LogP contribution in [-0.4, -0.2) is 27.0 Å². The molecule has 0 bridgehead atoms. The van der Waals surface area contributed by atoms with Crippen LogP contribution in [0.1, 0.15) is 22.9 Å². The summed E-state index contributed by atoms with van der Waals surface area (Å²) in [5.74, 6) is -0.635. The Hall–Kier alpha value is -1.70. The molecule has 0 aliphatic carbocycles. The number of alkyl halides is 1. The lowest BCUT2D eigenvalue weighted by molar-refractivity contribution is -0.145. The van der Waals surface area contributed by atoms with Crippen LogP contribution >= 0.6 is 15.9 Å². The molecule has 0 aromatic heterocycles. The summed E-state index contributed by atoms with van der Waals surface area (Å²) in [5, 5.41) is 0. The predicted molar refractivity (Wildman–Crippen MR) is 100 cm³/mol. The first-order chi connectivity index (χ1) is 11.8. The highest BCUT2D eigenvalue weighted by Crippen LogP contribution is 2.28. The summed E-state index contributed by atoms with van der Waals surface area (Å²) in [6.07, 6.45) is 0. The molecule has 1 N–H and O–H groups in total. The topological polar surface area (TPSA) is 72.5 Å². The molecule has 0 fully saturated rings. The standard InChI is InChI=1S/C18H20BrNO4S/c1-3-24-18(21)17(16(19)14-7-5-4-6-8-14)20-25(22,23)15-11-9-13(2)10-12-15/h4-12,16-17,20H,3H2,1-2H3/t16-,17-/m0/s1. The number of esters is 1. The lowest BCUT2D eigenvalue weighted by Gasteiger charge is -2.22. The number of aryl methyl sites for hydroxylation is 1. The lowest BCUT2D eigenvalue weighted by atomic mass is 10.1. The number of carbonyl (C=O) groups excluding carboxylic acids is 1. The van der Waals surface area contributed by atoms with E-state index in [1.165, 1.54) is 12.1 Å². The van der Waals surface area contributed by atoms with Gasteiger partial charge in [0.25, 0.3) is 0 Å². The van der Waals surface area contributed by atoms with Gasteiger partial charge in [-0.05, 0) is 31.5 Å². The Labute approximate surface area is 156 Å². The minimum Gasteiger partial charge on any atom is -0.465 e. The number of rotatable bonds is 7. The number of carbonyl (C=O) groups is 1. The number of halogens is 1. The predicted octanol–water partition coefficient (Wildman–Crippen LogP) is 3.34. The van der Waals surface area contributed by atoms with Crippen LogP contribution in [0.4, 0.5) is 0 Å². The van der Waals surface area contributed by atoms with Gasteiger partial charge in [-0.3, -0.25) is 4.79 Å². The molecule has 0 aliphatic heterocycles. The van der Waals surface area contributed by atoms with E-state index in [1.54, 1.807) is 19.1 Å². The minimum absolute atomic E-state index is 0.0974. The maximum absolute atomic E-state index is 12.7. The van der Waals surface area contributed by atoms with E-state index in [-0.39, 0.29) is 11.5 Å². The monoisotopic (exact) mass is 425 g/mol. The van der Waals surface area contributed by atoms with Crippen molar-refractivity contribution in [2.24, 2.45) is 0 Å². The highest BCUT2D eigenvalue weighted by Gasteiger charge is 2.33. The smallest absolute Gasteiger partial charge is 0.325 e. The third-order valence-electron chi connectivity index (χ3n) is 3.56. The van der Waals surface area contributed by atoms with Crippen LogP contribution in [0.2, 0.25) is 0 Å². The van der Waals surface area contributed by atoms with E-state index in [0.717, 1.165) is 11.1 Å². The summed E-state index contributed by atoms with van der Waals surface area (Å²) in [5.41, 5.74) is 1.72. The lowest BCUT2D eigenvalue weighted by Crippen LogP contribution is -2.44. The number of hydrogen-bond acceptors (Lipinski definition) is 4. The fraction of sp³-hybridized carbons (Fsp3) is 0.278. The van der Waals surface area contributed by atoms with Crippen molar-refractivity contribution in [2.45, 2.75) is 29.6 Å². The first-order valence-electron chi connectivity index (χ1n) is 7.80. The molecular formula is C18H20BrNO4S. The molecule has 2 atom stereocenters. The Balaban J connectivity index is 2.32. The number of hydrogen-bond donors (Lipinski definition) is 1. The molecule has 0 saturated carbocycles. The van der Waals surface area contributed by atoms with E-state index in [0.29, 0.717) is 0 Å². The van der Waals surface area contributed by atoms with Crippen LogP contribution in [-0.2, 0) is 19.6 Å². The molecule has 0 aliphatic rings. The summed E-state index contributed by atoms with van der Waals surface area (Å²) in [7, 11) is -3.87. The Morgan fingerprint density at radius 2 is 1.72 bits per heavy atom. The highest BCUT2D eigenvalue weighted by molar-refractivity contribution is 9.09. The number of nitrogens with one attached hydrogen (secondary N) is 1. The van der Waals surface area contributed by atoms with Crippen molar-refractivity contribution in [3.05, 3.63) is 65.7 Å². The number of ether oxygens (including phenoxy) is 1. The third kappa shape index (κ3) is 5.14. The Kier molecular flexibility index (Phi) is 6.75. The van der Waals surface area contributed by atoms with Crippen LogP contribution in [0.25, 0.3) is 0 Å². The van der Waals surface area contributed by atoms with E-state index in [4.69, 9.17) is 4.74 Å². The molecule has 25 heavy (non-hydrogen) atoms. The maximum atomic E-state index is 12.7. The zero-order valence-corrected chi connectivity index (χ0v) is 16.4. The molecular weight excluding hydrogens is 406 g/mol. The molecule has 5 nitrogen and oxygen atoms in total. The third-order valence-corrected chi connectivity index (χ3v) is 6.08. The van der Waals surface area contributed by atoms with Gasteiger partial charge in [-0.25, -0.2) is 8.42 Å². The van der Waals surface area contributed by atoms with Crippen LogP contribution in [0.5, 0.6) is 0 Å². The van der Waals surface area contributed by atoms with E-state index in [9.17, 15) is 13.2 Å². The van der Waals surface area contributed by atoms with Gasteiger partial charge < -0.3 is 4.74 Å². The van der Waals surface area contributed by atoms with Gasteiger partial charge in [-0.15, -0.1) is 0 Å². The van der Waals surface area contributed by atoms with E-state index in [2.05, 4.69) is 20.7 Å². The van der Waals surface area contributed by atoms with Gasteiger partial charge in [0.2, 0.25) is 10.0 Å². The van der Waals surface area contributed by atoms with E-state index >= 15 is 0 Å². The van der Waals surface area contributed by atoms with Gasteiger partial charge in [-0.2, -0.15) is 4.72 Å². The zero-order valence-electron chi connectivity index (χ0n) is 14.0. The average Bonchev–Trinajstić information content (AvgIpc) is 2.60. The van der Waals surface area contributed by atoms with Crippen LogP contribution in [0.15, 0.2) is 59.5 Å². The van der Waals surface area contributed by atoms with Crippen LogP contribution < -0.4 is 4.72 Å². The molecule has 134 valence electrons. The van der Waals surface area contributed by atoms with Crippen molar-refractivity contribution in [3.63, 3.8) is 0 Å². The number of sulfonamides is 1. The van der Waals surface area contributed by atoms with Gasteiger partial charge in [0.05, 0.1) is 16.3 Å². The van der Waals surface area contributed by atoms with Crippen molar-refractivity contribution in [2.75, 3.05) is 6.61 Å². The van der Waals surface area contributed by atoms with Crippen molar-refractivity contribution >= 4 is 31.9 Å². The van der Waals surface area contributed by atoms with Crippen molar-refractivity contribution in [1.29, 1.82) is 0 Å². The second-order valence-corrected chi connectivity index (χ2v) is 8.18. The summed E-state index contributed by atoms with van der Waals surface area (Å²) in [4.78, 5) is 11.9. The van der Waals surface area contributed by atoms with Crippen molar-refractivity contribution in [1.82, 2.24) is 4.72 Å². The molecule has 2 rings (SSSR count). The molecule has 7 heteroatoms. The summed E-state index contributed by atoms with van der Waals surface area (Å²) in [6, 6.07) is 14.4. The second-order valence-electron chi connectivity index (χ2n) is 5.48. The second kappa shape index (κ2) is 8.60. The molecule has 2 aromatic carbocycles. The zero-order chi connectivity index (χ0) is 18.4. The van der Waals surface area contributed by atoms with Crippen molar-refractivity contribution < 1.29 is 17.9 Å². The molecule has 0 amide bonds. The van der Waals surface area contributed by atoms with Crippen LogP contribution in [0.3, 0.4) is 0 Å². The summed E-state index contributed by atoms with van der Waals surface area (Å²) >= 11 is 3.43. The van der Waals surface area contributed by atoms with Gasteiger partial charge in [0.15, 0.2) is 0 Å². The Morgan fingerprint density at radius 3 is 2.28 bits per heavy atom.